The van der Waals surface area contributed by atoms with E-state index >= 15 is 0 Å². The van der Waals surface area contributed by atoms with Gasteiger partial charge in [0.25, 0.3) is 5.91 Å². The molecule has 0 saturated heterocycles. The van der Waals surface area contributed by atoms with Crippen LogP contribution < -0.4 is 5.32 Å². The predicted octanol–water partition coefficient (Wildman–Crippen LogP) is 4.20. The molecule has 0 aliphatic carbocycles. The molecule has 5 rings (SSSR count). The molecule has 7 heteroatoms. The first-order valence-electron chi connectivity index (χ1n) is 8.95. The first-order valence-corrected chi connectivity index (χ1v) is 9.77. The van der Waals surface area contributed by atoms with Crippen molar-refractivity contribution in [3.8, 4) is 5.69 Å². The van der Waals surface area contributed by atoms with Crippen molar-refractivity contribution in [3.63, 3.8) is 0 Å². The van der Waals surface area contributed by atoms with Crippen LogP contribution in [0.1, 0.15) is 21.2 Å². The number of H-pyrrole nitrogens is 1. The van der Waals surface area contributed by atoms with Crippen molar-refractivity contribution in [1.29, 1.82) is 0 Å². The number of imidazole rings is 1. The Kier molecular flexibility index (Phi) is 3.95. The van der Waals surface area contributed by atoms with Crippen molar-refractivity contribution in [2.75, 3.05) is 0 Å². The van der Waals surface area contributed by atoms with Crippen LogP contribution in [0.4, 0.5) is 0 Å². The molecule has 2 N–H and O–H groups in total. The minimum absolute atomic E-state index is 0.110. The SMILES string of the molecule is Cc1nn(-c2ccccc2)c2sc(C(=O)NCc3nc4ccccc4[nH]3)cc12. The lowest BCUT2D eigenvalue weighted by Gasteiger charge is -2.02. The van der Waals surface area contributed by atoms with E-state index < -0.39 is 0 Å². The van der Waals surface area contributed by atoms with Crippen molar-refractivity contribution < 1.29 is 4.79 Å². The second-order valence-corrected chi connectivity index (χ2v) is 7.58. The van der Waals surface area contributed by atoms with Gasteiger partial charge in [-0.25, -0.2) is 9.67 Å². The van der Waals surface area contributed by atoms with Gasteiger partial charge in [0.05, 0.1) is 33.8 Å². The molecule has 1 amide bonds. The molecule has 3 heterocycles. The number of amides is 1. The number of aromatic nitrogens is 4. The number of fused-ring (bicyclic) bond motifs is 2. The Labute approximate surface area is 164 Å². The van der Waals surface area contributed by atoms with E-state index in [-0.39, 0.29) is 5.91 Å². The zero-order valence-corrected chi connectivity index (χ0v) is 16.0. The van der Waals surface area contributed by atoms with Crippen molar-refractivity contribution >= 4 is 38.5 Å². The van der Waals surface area contributed by atoms with Gasteiger partial charge in [-0.2, -0.15) is 5.10 Å². The van der Waals surface area contributed by atoms with Crippen LogP contribution in [-0.4, -0.2) is 25.7 Å². The first kappa shape index (κ1) is 16.7. The fraction of sp³-hybridized carbons (Fsp3) is 0.0952. The molecule has 0 fully saturated rings. The Morgan fingerprint density at radius 1 is 1.14 bits per heavy atom. The Bertz CT molecular complexity index is 1270. The van der Waals surface area contributed by atoms with E-state index in [1.165, 1.54) is 11.3 Å². The number of nitrogens with one attached hydrogen (secondary N) is 2. The third-order valence-corrected chi connectivity index (χ3v) is 5.73. The highest BCUT2D eigenvalue weighted by molar-refractivity contribution is 7.20. The number of thiophene rings is 1. The molecule has 2 aromatic carbocycles. The zero-order valence-electron chi connectivity index (χ0n) is 15.1. The summed E-state index contributed by atoms with van der Waals surface area (Å²) >= 11 is 1.45. The van der Waals surface area contributed by atoms with Gasteiger partial charge in [-0.3, -0.25) is 4.79 Å². The molecule has 5 aromatic rings. The average molecular weight is 387 g/mol. The largest absolute Gasteiger partial charge is 0.344 e. The van der Waals surface area contributed by atoms with Crippen molar-refractivity contribution in [2.45, 2.75) is 13.5 Å². The Morgan fingerprint density at radius 3 is 2.75 bits per heavy atom. The van der Waals surface area contributed by atoms with Crippen LogP contribution in [0.5, 0.6) is 0 Å². The molecule has 0 aliphatic rings. The number of carbonyl (C=O) groups excluding carboxylic acids is 1. The highest BCUT2D eigenvalue weighted by atomic mass is 32.1. The highest BCUT2D eigenvalue weighted by Crippen LogP contribution is 2.30. The zero-order chi connectivity index (χ0) is 19.1. The van der Waals surface area contributed by atoms with Crippen LogP contribution in [0.2, 0.25) is 0 Å². The molecule has 0 bridgehead atoms. The Balaban J connectivity index is 1.40. The summed E-state index contributed by atoms with van der Waals surface area (Å²) in [4.78, 5) is 22.0. The fourth-order valence-corrected chi connectivity index (χ4v) is 4.34. The van der Waals surface area contributed by atoms with Crippen molar-refractivity contribution in [3.05, 3.63) is 77.1 Å². The molecule has 0 saturated carbocycles. The van der Waals surface area contributed by atoms with Gasteiger partial charge in [0.1, 0.15) is 10.7 Å². The summed E-state index contributed by atoms with van der Waals surface area (Å²) in [5.41, 5.74) is 3.75. The second-order valence-electron chi connectivity index (χ2n) is 6.55. The lowest BCUT2D eigenvalue weighted by atomic mass is 10.3. The van der Waals surface area contributed by atoms with Gasteiger partial charge in [0.15, 0.2) is 0 Å². The van der Waals surface area contributed by atoms with Gasteiger partial charge >= 0.3 is 0 Å². The quantitative estimate of drug-likeness (QED) is 0.485. The minimum atomic E-state index is -0.110. The van der Waals surface area contributed by atoms with Crippen molar-refractivity contribution in [2.24, 2.45) is 0 Å². The van der Waals surface area contributed by atoms with Gasteiger partial charge in [-0.05, 0) is 37.3 Å². The summed E-state index contributed by atoms with van der Waals surface area (Å²) in [7, 11) is 0. The number of hydrogen-bond acceptors (Lipinski definition) is 4. The monoisotopic (exact) mass is 387 g/mol. The van der Waals surface area contributed by atoms with Gasteiger partial charge in [0, 0.05) is 5.39 Å². The number of hydrogen-bond donors (Lipinski definition) is 2. The number of benzene rings is 2. The van der Waals surface area contributed by atoms with Gasteiger partial charge < -0.3 is 10.3 Å². The molecule has 138 valence electrons. The molecular weight excluding hydrogens is 370 g/mol. The second kappa shape index (κ2) is 6.61. The first-order chi connectivity index (χ1) is 13.7. The normalized spacial score (nSPS) is 11.3. The third-order valence-electron chi connectivity index (χ3n) is 4.62. The van der Waals surface area contributed by atoms with E-state index in [2.05, 4.69) is 20.4 Å². The smallest absolute Gasteiger partial charge is 0.261 e. The van der Waals surface area contributed by atoms with Crippen molar-refractivity contribution in [1.82, 2.24) is 25.1 Å². The number of aromatic amines is 1. The molecule has 0 unspecified atom stereocenters. The van der Waals surface area contributed by atoms with Crippen LogP contribution >= 0.6 is 11.3 Å². The van der Waals surface area contributed by atoms with E-state index in [9.17, 15) is 4.79 Å². The lowest BCUT2D eigenvalue weighted by molar-refractivity contribution is 0.0954. The molecule has 0 radical (unpaired) electrons. The number of aryl methyl sites for hydroxylation is 1. The predicted molar refractivity (Wildman–Crippen MR) is 111 cm³/mol. The Hall–Kier alpha value is -3.45. The molecule has 0 spiro atoms. The van der Waals surface area contributed by atoms with Crippen LogP contribution in [0.25, 0.3) is 26.9 Å². The summed E-state index contributed by atoms with van der Waals surface area (Å²) in [6.45, 7) is 2.32. The van der Waals surface area contributed by atoms with Crippen LogP contribution in [-0.2, 0) is 6.54 Å². The number of nitrogens with zero attached hydrogens (tertiary/aromatic N) is 3. The van der Waals surface area contributed by atoms with Crippen LogP contribution in [0.3, 0.4) is 0 Å². The fourth-order valence-electron chi connectivity index (χ4n) is 3.24. The molecule has 0 atom stereocenters. The standard InChI is InChI=1S/C21H17N5OS/c1-13-15-11-18(28-21(15)26(25-13)14-7-3-2-4-8-14)20(27)22-12-19-23-16-9-5-6-10-17(16)24-19/h2-11H,12H2,1H3,(H,22,27)(H,23,24). The number of rotatable bonds is 4. The maximum Gasteiger partial charge on any atom is 0.261 e. The maximum atomic E-state index is 12.7. The summed E-state index contributed by atoms with van der Waals surface area (Å²) in [5, 5.41) is 8.57. The van der Waals surface area contributed by atoms with Gasteiger partial charge in [-0.1, -0.05) is 30.3 Å². The van der Waals surface area contributed by atoms with E-state index in [1.807, 2.05) is 72.3 Å². The topological polar surface area (TPSA) is 75.6 Å². The molecular formula is C21H17N5OS. The maximum absolute atomic E-state index is 12.7. The molecule has 0 aliphatic heterocycles. The summed E-state index contributed by atoms with van der Waals surface area (Å²) in [6, 6.07) is 19.7. The Morgan fingerprint density at radius 2 is 1.93 bits per heavy atom. The number of para-hydroxylation sites is 3. The minimum Gasteiger partial charge on any atom is -0.344 e. The molecule has 3 aromatic heterocycles. The molecule has 28 heavy (non-hydrogen) atoms. The van der Waals surface area contributed by atoms with Crippen LogP contribution in [0.15, 0.2) is 60.7 Å². The summed E-state index contributed by atoms with van der Waals surface area (Å²) in [6.07, 6.45) is 0. The van der Waals surface area contributed by atoms with Gasteiger partial charge in [-0.15, -0.1) is 11.3 Å². The molecule has 6 nitrogen and oxygen atoms in total. The third kappa shape index (κ3) is 2.86. The summed E-state index contributed by atoms with van der Waals surface area (Å²) < 4.78 is 1.89. The average Bonchev–Trinajstić information content (AvgIpc) is 3.41. The van der Waals surface area contributed by atoms with E-state index in [0.717, 1.165) is 38.5 Å². The van der Waals surface area contributed by atoms with Crippen LogP contribution in [0, 0.1) is 6.92 Å². The number of carbonyl (C=O) groups is 1. The van der Waals surface area contributed by atoms with E-state index in [1.54, 1.807) is 0 Å². The van der Waals surface area contributed by atoms with E-state index in [4.69, 9.17) is 0 Å². The summed E-state index contributed by atoms with van der Waals surface area (Å²) in [5.74, 6) is 0.628. The van der Waals surface area contributed by atoms with Gasteiger partial charge in [0.2, 0.25) is 0 Å². The highest BCUT2D eigenvalue weighted by Gasteiger charge is 2.17. The lowest BCUT2D eigenvalue weighted by Crippen LogP contribution is -2.22. The van der Waals surface area contributed by atoms with E-state index in [0.29, 0.717) is 11.4 Å².